The van der Waals surface area contributed by atoms with Crippen molar-refractivity contribution in [1.82, 2.24) is 4.90 Å². The smallest absolute Gasteiger partial charge is 0.256 e. The van der Waals surface area contributed by atoms with Gasteiger partial charge in [-0.25, -0.2) is 8.42 Å². The van der Waals surface area contributed by atoms with E-state index >= 15 is 0 Å². The van der Waals surface area contributed by atoms with Crippen LogP contribution in [0.2, 0.25) is 0 Å². The quantitative estimate of drug-likeness (QED) is 0.703. The molecule has 3 rings (SSSR count). The van der Waals surface area contributed by atoms with E-state index in [2.05, 4.69) is 14.9 Å². The first kappa shape index (κ1) is 22.4. The van der Waals surface area contributed by atoms with Crippen LogP contribution in [0.15, 0.2) is 42.5 Å². The van der Waals surface area contributed by atoms with E-state index in [1.807, 2.05) is 24.3 Å². The Morgan fingerprint density at radius 2 is 1.71 bits per heavy atom. The summed E-state index contributed by atoms with van der Waals surface area (Å²) in [4.78, 5) is 28.5. The predicted octanol–water partition coefficient (Wildman–Crippen LogP) is 1.99. The predicted molar refractivity (Wildman–Crippen MR) is 120 cm³/mol. The van der Waals surface area contributed by atoms with Crippen molar-refractivity contribution in [3.05, 3.63) is 48.0 Å². The number of hydrogen-bond donors (Lipinski definition) is 2. The van der Waals surface area contributed by atoms with Gasteiger partial charge in [0, 0.05) is 38.8 Å². The fourth-order valence-electron chi connectivity index (χ4n) is 3.50. The summed E-state index contributed by atoms with van der Waals surface area (Å²) in [5.41, 5.74) is 1.74. The van der Waals surface area contributed by atoms with Crippen LogP contribution in [0.3, 0.4) is 0 Å². The van der Waals surface area contributed by atoms with E-state index in [0.717, 1.165) is 17.7 Å². The number of amides is 2. The van der Waals surface area contributed by atoms with E-state index in [-0.39, 0.29) is 23.1 Å². The molecule has 2 aromatic carbocycles. The Labute approximate surface area is 182 Å². The van der Waals surface area contributed by atoms with Gasteiger partial charge in [0.15, 0.2) is 0 Å². The van der Waals surface area contributed by atoms with Gasteiger partial charge >= 0.3 is 0 Å². The normalized spacial score (nSPS) is 14.2. The van der Waals surface area contributed by atoms with Crippen molar-refractivity contribution in [2.45, 2.75) is 6.92 Å². The van der Waals surface area contributed by atoms with Crippen LogP contribution in [0.1, 0.15) is 17.3 Å². The van der Waals surface area contributed by atoms with E-state index in [4.69, 9.17) is 4.74 Å². The molecule has 0 unspecified atom stereocenters. The third-order valence-electron chi connectivity index (χ3n) is 4.86. The highest BCUT2D eigenvalue weighted by Crippen LogP contribution is 2.29. The summed E-state index contributed by atoms with van der Waals surface area (Å²) in [6.45, 7) is 3.49. The first-order valence-corrected chi connectivity index (χ1v) is 11.6. The van der Waals surface area contributed by atoms with Crippen molar-refractivity contribution in [3.63, 3.8) is 0 Å². The van der Waals surface area contributed by atoms with Crippen LogP contribution in [0.25, 0.3) is 0 Å². The maximum atomic E-state index is 13.2. The number of nitrogens with one attached hydrogen (secondary N) is 2. The number of piperazine rings is 1. The molecule has 2 N–H and O–H groups in total. The molecule has 9 nitrogen and oxygen atoms in total. The SMILES string of the molecule is COc1ccccc1N1CCN(C(=O)c2cc(NC(C)=O)ccc2NS(C)(=O)=O)CC1. The minimum atomic E-state index is -3.58. The minimum Gasteiger partial charge on any atom is -0.495 e. The number of sulfonamides is 1. The lowest BCUT2D eigenvalue weighted by atomic mass is 10.1. The molecule has 2 amide bonds. The second-order valence-electron chi connectivity index (χ2n) is 7.27. The molecular weight excluding hydrogens is 420 g/mol. The molecule has 0 aromatic heterocycles. The van der Waals surface area contributed by atoms with E-state index in [1.165, 1.54) is 19.1 Å². The maximum Gasteiger partial charge on any atom is 0.256 e. The van der Waals surface area contributed by atoms with Crippen molar-refractivity contribution in [2.24, 2.45) is 0 Å². The Morgan fingerprint density at radius 3 is 2.32 bits per heavy atom. The molecule has 166 valence electrons. The van der Waals surface area contributed by atoms with Gasteiger partial charge in [-0.05, 0) is 30.3 Å². The highest BCUT2D eigenvalue weighted by atomic mass is 32.2. The summed E-state index contributed by atoms with van der Waals surface area (Å²) in [6.07, 6.45) is 1.02. The summed E-state index contributed by atoms with van der Waals surface area (Å²) in [5.74, 6) is 0.176. The molecule has 1 saturated heterocycles. The molecule has 0 saturated carbocycles. The number of carbonyl (C=O) groups excluding carboxylic acids is 2. The van der Waals surface area contributed by atoms with Gasteiger partial charge in [-0.3, -0.25) is 14.3 Å². The van der Waals surface area contributed by atoms with E-state index in [0.29, 0.717) is 31.9 Å². The lowest BCUT2D eigenvalue weighted by Gasteiger charge is -2.37. The number of hydrogen-bond acceptors (Lipinski definition) is 6. The van der Waals surface area contributed by atoms with Gasteiger partial charge < -0.3 is 19.9 Å². The average Bonchev–Trinajstić information content (AvgIpc) is 2.73. The van der Waals surface area contributed by atoms with Crippen LogP contribution >= 0.6 is 0 Å². The molecule has 1 fully saturated rings. The Hall–Kier alpha value is -3.27. The summed E-state index contributed by atoms with van der Waals surface area (Å²) >= 11 is 0. The first-order valence-electron chi connectivity index (χ1n) is 9.74. The molecule has 10 heteroatoms. The fraction of sp³-hybridized carbons (Fsp3) is 0.333. The Morgan fingerprint density at radius 1 is 1.03 bits per heavy atom. The Kier molecular flexibility index (Phi) is 6.69. The minimum absolute atomic E-state index is 0.175. The van der Waals surface area contributed by atoms with Crippen molar-refractivity contribution in [2.75, 3.05) is 54.5 Å². The van der Waals surface area contributed by atoms with Crippen molar-refractivity contribution in [1.29, 1.82) is 0 Å². The molecule has 31 heavy (non-hydrogen) atoms. The maximum absolute atomic E-state index is 13.2. The Balaban J connectivity index is 1.81. The summed E-state index contributed by atoms with van der Waals surface area (Å²) < 4.78 is 31.3. The lowest BCUT2D eigenvalue weighted by molar-refractivity contribution is -0.114. The van der Waals surface area contributed by atoms with Gasteiger partial charge in [0.05, 0.1) is 30.3 Å². The zero-order valence-electron chi connectivity index (χ0n) is 17.7. The van der Waals surface area contributed by atoms with Crippen LogP contribution in [0.5, 0.6) is 5.75 Å². The van der Waals surface area contributed by atoms with Crippen molar-refractivity contribution < 1.29 is 22.7 Å². The monoisotopic (exact) mass is 446 g/mol. The topological polar surface area (TPSA) is 108 Å². The van der Waals surface area contributed by atoms with Crippen molar-refractivity contribution in [3.8, 4) is 5.75 Å². The third-order valence-corrected chi connectivity index (χ3v) is 5.45. The zero-order chi connectivity index (χ0) is 22.6. The van der Waals surface area contributed by atoms with Crippen LogP contribution in [0, 0.1) is 0 Å². The number of anilines is 3. The van der Waals surface area contributed by atoms with Crippen LogP contribution in [-0.4, -0.2) is 64.7 Å². The molecule has 0 aliphatic carbocycles. The molecule has 1 aliphatic heterocycles. The van der Waals surface area contributed by atoms with Gasteiger partial charge in [0.25, 0.3) is 5.91 Å². The highest BCUT2D eigenvalue weighted by molar-refractivity contribution is 7.92. The van der Waals surface area contributed by atoms with Crippen molar-refractivity contribution >= 4 is 38.9 Å². The van der Waals surface area contributed by atoms with Gasteiger partial charge in [-0.2, -0.15) is 0 Å². The number of ether oxygens (including phenoxy) is 1. The molecule has 0 atom stereocenters. The van der Waals surface area contributed by atoms with Crippen LogP contribution in [-0.2, 0) is 14.8 Å². The molecule has 0 bridgehead atoms. The summed E-state index contributed by atoms with van der Waals surface area (Å²) in [5, 5.41) is 2.63. The second kappa shape index (κ2) is 9.25. The summed E-state index contributed by atoms with van der Waals surface area (Å²) in [7, 11) is -1.96. The first-order chi connectivity index (χ1) is 14.7. The second-order valence-corrected chi connectivity index (χ2v) is 9.02. The third kappa shape index (κ3) is 5.66. The molecular formula is C21H26N4O5S. The highest BCUT2D eigenvalue weighted by Gasteiger charge is 2.26. The molecule has 1 heterocycles. The number of nitrogens with zero attached hydrogens (tertiary/aromatic N) is 2. The number of carbonyl (C=O) groups is 2. The lowest BCUT2D eigenvalue weighted by Crippen LogP contribution is -2.49. The number of para-hydroxylation sites is 2. The molecule has 1 aliphatic rings. The van der Waals surface area contributed by atoms with Gasteiger partial charge in [0.1, 0.15) is 5.75 Å². The van der Waals surface area contributed by atoms with Gasteiger partial charge in [0.2, 0.25) is 15.9 Å². The van der Waals surface area contributed by atoms with Gasteiger partial charge in [-0.15, -0.1) is 0 Å². The Bertz CT molecular complexity index is 1080. The van der Waals surface area contributed by atoms with E-state index < -0.39 is 10.0 Å². The standard InChI is InChI=1S/C21H26N4O5S/c1-15(26)22-16-8-9-18(23-31(3,28)29)17(14-16)21(27)25-12-10-24(11-13-25)19-6-4-5-7-20(19)30-2/h4-9,14,23H,10-13H2,1-3H3,(H,22,26). The van der Waals surface area contributed by atoms with E-state index in [9.17, 15) is 18.0 Å². The van der Waals surface area contributed by atoms with Gasteiger partial charge in [-0.1, -0.05) is 12.1 Å². The van der Waals surface area contributed by atoms with Crippen LogP contribution in [0.4, 0.5) is 17.1 Å². The average molecular weight is 447 g/mol. The molecule has 0 radical (unpaired) electrons. The van der Waals surface area contributed by atoms with Crippen LogP contribution < -0.4 is 19.7 Å². The number of methoxy groups -OCH3 is 1. The molecule has 2 aromatic rings. The number of benzene rings is 2. The zero-order valence-corrected chi connectivity index (χ0v) is 18.5. The summed E-state index contributed by atoms with van der Waals surface area (Å²) in [6, 6.07) is 12.2. The largest absolute Gasteiger partial charge is 0.495 e. The molecule has 0 spiro atoms. The van der Waals surface area contributed by atoms with E-state index in [1.54, 1.807) is 18.1 Å². The fourth-order valence-corrected chi connectivity index (χ4v) is 4.08. The number of rotatable bonds is 6.